The predicted molar refractivity (Wildman–Crippen MR) is 191 cm³/mol. The summed E-state index contributed by atoms with van der Waals surface area (Å²) in [5.74, 6) is -1.08. The molecule has 2 heterocycles. The zero-order valence-electron chi connectivity index (χ0n) is 32.6. The average molecular weight is 740 g/mol. The van der Waals surface area contributed by atoms with E-state index in [-0.39, 0.29) is 43.4 Å². The van der Waals surface area contributed by atoms with Crippen LogP contribution in [0.1, 0.15) is 111 Å². The van der Waals surface area contributed by atoms with Crippen molar-refractivity contribution >= 4 is 23.9 Å². The smallest absolute Gasteiger partial charge is 0.311 e. The molecular weight excluding hydrogens is 682 g/mol. The van der Waals surface area contributed by atoms with Gasteiger partial charge in [0.05, 0.1) is 23.9 Å². The third-order valence-electron chi connectivity index (χ3n) is 14.5. The Bertz CT molecular complexity index is 1660. The molecule has 2 aliphatic heterocycles. The van der Waals surface area contributed by atoms with Gasteiger partial charge in [-0.2, -0.15) is 0 Å². The van der Waals surface area contributed by atoms with Gasteiger partial charge >= 0.3 is 23.9 Å². The molecule has 0 radical (unpaired) electrons. The highest BCUT2D eigenvalue weighted by Crippen LogP contribution is 2.81. The molecule has 4 saturated carbocycles. The highest BCUT2D eigenvalue weighted by Gasteiger charge is 2.87. The van der Waals surface area contributed by atoms with Crippen molar-refractivity contribution < 1.29 is 52.7 Å². The average Bonchev–Trinajstić information content (AvgIpc) is 3.85. The largest absolute Gasteiger partial charge is 0.479 e. The highest BCUT2D eigenvalue weighted by molar-refractivity contribution is 5.80. The summed E-state index contributed by atoms with van der Waals surface area (Å²) in [5.41, 5.74) is -1.45. The lowest BCUT2D eigenvalue weighted by molar-refractivity contribution is -0.345. The number of benzene rings is 1. The Hall–Kier alpha value is -3.22. The molecule has 1 unspecified atom stereocenters. The van der Waals surface area contributed by atoms with Gasteiger partial charge < -0.3 is 33.5 Å². The molecule has 5 aliphatic carbocycles. The van der Waals surface area contributed by atoms with Crippen molar-refractivity contribution in [1.29, 1.82) is 0 Å². The van der Waals surface area contributed by atoms with Crippen molar-refractivity contribution in [3.05, 3.63) is 23.3 Å². The van der Waals surface area contributed by atoms with Crippen LogP contribution in [0.5, 0.6) is 11.5 Å². The first kappa shape index (κ1) is 38.1. The normalized spacial score (nSPS) is 33.4. The fourth-order valence-electron chi connectivity index (χ4n) is 11.5. The van der Waals surface area contributed by atoms with Gasteiger partial charge in [0.15, 0.2) is 17.6 Å². The van der Waals surface area contributed by atoms with Gasteiger partial charge in [-0.05, 0) is 88.3 Å². The Morgan fingerprint density at radius 2 is 1.64 bits per heavy atom. The second-order valence-electron chi connectivity index (χ2n) is 18.0. The lowest BCUT2D eigenvalue weighted by Crippen LogP contribution is -2.87. The maximum Gasteiger partial charge on any atom is 0.311 e. The van der Waals surface area contributed by atoms with Crippen LogP contribution in [0.4, 0.5) is 0 Å². The Morgan fingerprint density at radius 1 is 0.981 bits per heavy atom. The van der Waals surface area contributed by atoms with Crippen molar-refractivity contribution in [1.82, 2.24) is 4.90 Å². The number of likely N-dealkylation sites (tertiary alicyclic amines) is 1. The molecule has 1 saturated heterocycles. The molecule has 1 N–H and O–H groups in total. The third-order valence-corrected chi connectivity index (χ3v) is 14.5. The van der Waals surface area contributed by atoms with Crippen LogP contribution in [-0.4, -0.2) is 96.2 Å². The second-order valence-corrected chi connectivity index (χ2v) is 18.0. The van der Waals surface area contributed by atoms with E-state index in [1.807, 2.05) is 13.0 Å². The molecule has 12 heteroatoms. The molecule has 12 nitrogen and oxygen atoms in total. The predicted octanol–water partition coefficient (Wildman–Crippen LogP) is 4.82. The maximum atomic E-state index is 13.4. The first-order chi connectivity index (χ1) is 24.9. The second kappa shape index (κ2) is 12.9. The number of carbonyl (C=O) groups is 4. The van der Waals surface area contributed by atoms with Crippen LogP contribution in [-0.2, 0) is 50.0 Å². The third kappa shape index (κ3) is 5.62. The lowest BCUT2D eigenvalue weighted by Gasteiger charge is -2.78. The van der Waals surface area contributed by atoms with Crippen LogP contribution in [0.25, 0.3) is 0 Å². The van der Waals surface area contributed by atoms with E-state index in [0.29, 0.717) is 11.5 Å². The maximum absolute atomic E-state index is 13.4. The molecule has 0 aromatic heterocycles. The van der Waals surface area contributed by atoms with E-state index in [2.05, 4.69) is 38.7 Å². The van der Waals surface area contributed by atoms with Crippen LogP contribution in [0.3, 0.4) is 0 Å². The van der Waals surface area contributed by atoms with Gasteiger partial charge in [-0.3, -0.25) is 24.1 Å². The quantitative estimate of drug-likeness (QED) is 0.168. The Labute approximate surface area is 312 Å². The van der Waals surface area contributed by atoms with E-state index in [9.17, 15) is 24.3 Å². The molecular formula is C41H57NO11. The molecule has 7 atom stereocenters. The SMILES string of the molecule is CO[C@@]12CC[C@@]3(C[C@@H]1[C@](C)(O)C(C)(C)C)C1Cc4ccc(OC(=O)CCC(=O)OC(COC(C)=O)COC(C)=O)c5c4[C@@]3(CCN1CC1CC1)[C@]2(C)O5. The lowest BCUT2D eigenvalue weighted by atomic mass is 9.30. The molecule has 292 valence electrons. The molecule has 53 heavy (non-hydrogen) atoms. The first-order valence-corrected chi connectivity index (χ1v) is 19.4. The zero-order chi connectivity index (χ0) is 38.4. The number of aliphatic hydroxyl groups is 1. The first-order valence-electron chi connectivity index (χ1n) is 19.4. The van der Waals surface area contributed by atoms with Gasteiger partial charge in [-0.15, -0.1) is 0 Å². The van der Waals surface area contributed by atoms with Crippen LogP contribution >= 0.6 is 0 Å². The number of carbonyl (C=O) groups excluding carboxylic acids is 4. The van der Waals surface area contributed by atoms with Gasteiger partial charge in [0.2, 0.25) is 0 Å². The Balaban J connectivity index is 1.20. The summed E-state index contributed by atoms with van der Waals surface area (Å²) in [6, 6.07) is 4.20. The van der Waals surface area contributed by atoms with Crippen LogP contribution < -0.4 is 9.47 Å². The monoisotopic (exact) mass is 739 g/mol. The number of esters is 4. The number of hydrogen-bond donors (Lipinski definition) is 1. The summed E-state index contributed by atoms with van der Waals surface area (Å²) in [7, 11) is 1.77. The number of ether oxygens (including phenoxy) is 6. The fourth-order valence-corrected chi connectivity index (χ4v) is 11.5. The van der Waals surface area contributed by atoms with E-state index in [4.69, 9.17) is 28.4 Å². The fraction of sp³-hybridized carbons (Fsp3) is 0.756. The number of piperidine rings is 1. The van der Waals surface area contributed by atoms with Crippen molar-refractivity contribution in [3.63, 3.8) is 0 Å². The van der Waals surface area contributed by atoms with Crippen LogP contribution in [0.2, 0.25) is 0 Å². The minimum absolute atomic E-state index is 0.186. The summed E-state index contributed by atoms with van der Waals surface area (Å²) >= 11 is 0. The summed E-state index contributed by atoms with van der Waals surface area (Å²) in [6.07, 6.45) is 5.27. The van der Waals surface area contributed by atoms with E-state index < -0.39 is 57.6 Å². The molecule has 1 aromatic carbocycles. The number of nitrogens with zero attached hydrogens (tertiary/aromatic N) is 1. The van der Waals surface area contributed by atoms with Crippen molar-refractivity contribution in [2.75, 3.05) is 33.4 Å². The summed E-state index contributed by atoms with van der Waals surface area (Å²) < 4.78 is 35.4. The van der Waals surface area contributed by atoms with Gasteiger partial charge in [-0.1, -0.05) is 26.8 Å². The zero-order valence-corrected chi connectivity index (χ0v) is 32.6. The molecule has 0 amide bonds. The van der Waals surface area contributed by atoms with Crippen LogP contribution in [0, 0.1) is 22.7 Å². The van der Waals surface area contributed by atoms with Gasteiger partial charge in [0.1, 0.15) is 24.4 Å². The van der Waals surface area contributed by atoms with E-state index in [0.717, 1.165) is 56.7 Å². The summed E-state index contributed by atoms with van der Waals surface area (Å²) in [4.78, 5) is 51.6. The minimum atomic E-state index is -1.08. The number of methoxy groups -OCH3 is 1. The molecule has 1 aromatic rings. The van der Waals surface area contributed by atoms with Gasteiger partial charge in [-0.25, -0.2) is 0 Å². The van der Waals surface area contributed by atoms with Gasteiger partial charge in [0, 0.05) is 50.4 Å². The van der Waals surface area contributed by atoms with Crippen molar-refractivity contribution in [2.45, 2.75) is 141 Å². The van der Waals surface area contributed by atoms with Crippen molar-refractivity contribution in [3.8, 4) is 11.5 Å². The summed E-state index contributed by atoms with van der Waals surface area (Å²) in [5, 5.41) is 12.6. The minimum Gasteiger partial charge on any atom is -0.479 e. The number of rotatable bonds is 13. The molecule has 5 fully saturated rings. The molecule has 8 rings (SSSR count). The van der Waals surface area contributed by atoms with E-state index in [1.165, 1.54) is 32.3 Å². The van der Waals surface area contributed by atoms with Gasteiger partial charge in [0.25, 0.3) is 0 Å². The highest BCUT2D eigenvalue weighted by atomic mass is 16.6. The molecule has 4 bridgehead atoms. The van der Waals surface area contributed by atoms with Crippen LogP contribution in [0.15, 0.2) is 12.1 Å². The summed E-state index contributed by atoms with van der Waals surface area (Å²) in [6.45, 7) is 14.4. The topological polar surface area (TPSA) is 147 Å². The molecule has 7 aliphatic rings. The Morgan fingerprint density at radius 3 is 2.25 bits per heavy atom. The number of fused-ring (bicyclic) bond motifs is 2. The number of hydrogen-bond acceptors (Lipinski definition) is 12. The van der Waals surface area contributed by atoms with Crippen molar-refractivity contribution in [2.24, 2.45) is 22.7 Å². The van der Waals surface area contributed by atoms with E-state index >= 15 is 0 Å². The Kier molecular flexibility index (Phi) is 9.29. The molecule has 2 spiro atoms. The standard InChI is InChI=1S/C41H57NO11/c1-24(43)49-22-28(23-50-25(2)44)51-32(45)13-14-33(46)52-29-12-11-27-19-31-39-15-16-41(48-8,30(20-39)37(6,47)36(3,4)5)38(7)40(39,34(27)35(29)53-38)17-18-42(31)21-26-9-10-26/h11-12,26,28,30-31,47H,9-10,13-23H2,1-8H3/t30-,31?,37+,38+,39-,40+,41+/m1/s1. The van der Waals surface area contributed by atoms with E-state index in [1.54, 1.807) is 7.11 Å².